The highest BCUT2D eigenvalue weighted by Crippen LogP contribution is 2.22. The smallest absolute Gasteiger partial charge is 0.0343 e. The lowest BCUT2D eigenvalue weighted by Crippen LogP contribution is -2.25. The van der Waals surface area contributed by atoms with Crippen molar-refractivity contribution in [1.82, 2.24) is 5.32 Å². The van der Waals surface area contributed by atoms with E-state index in [-0.39, 0.29) is 0 Å². The summed E-state index contributed by atoms with van der Waals surface area (Å²) >= 11 is 3.45. The third kappa shape index (κ3) is 3.10. The second kappa shape index (κ2) is 5.52. The molecule has 1 aromatic rings. The van der Waals surface area contributed by atoms with Gasteiger partial charge in [-0.25, -0.2) is 0 Å². The summed E-state index contributed by atoms with van der Waals surface area (Å²) in [5, 5.41) is 3.50. The number of rotatable bonds is 4. The van der Waals surface area contributed by atoms with Gasteiger partial charge in [0.1, 0.15) is 0 Å². The van der Waals surface area contributed by atoms with Crippen LogP contribution in [0, 0.1) is 5.92 Å². The van der Waals surface area contributed by atoms with E-state index in [1.807, 2.05) is 0 Å². The summed E-state index contributed by atoms with van der Waals surface area (Å²) in [5.41, 5.74) is 1.37. The first-order chi connectivity index (χ1) is 6.65. The monoisotopic (exact) mass is 255 g/mol. The van der Waals surface area contributed by atoms with Crippen molar-refractivity contribution in [3.63, 3.8) is 0 Å². The largest absolute Gasteiger partial charge is 0.310 e. The lowest BCUT2D eigenvalue weighted by atomic mass is 9.96. The minimum atomic E-state index is 0.466. The van der Waals surface area contributed by atoms with Crippen molar-refractivity contribution < 1.29 is 0 Å². The lowest BCUT2D eigenvalue weighted by Gasteiger charge is -2.22. The third-order valence-electron chi connectivity index (χ3n) is 2.32. The zero-order valence-corrected chi connectivity index (χ0v) is 10.6. The number of hydrogen-bond donors (Lipinski definition) is 1. The van der Waals surface area contributed by atoms with E-state index in [1.54, 1.807) is 0 Å². The summed E-state index contributed by atoms with van der Waals surface area (Å²) in [6.45, 7) is 7.65. The van der Waals surface area contributed by atoms with Gasteiger partial charge in [0, 0.05) is 10.5 Å². The molecule has 1 aromatic carbocycles. The van der Waals surface area contributed by atoms with Crippen LogP contribution in [0.5, 0.6) is 0 Å². The Morgan fingerprint density at radius 2 is 1.79 bits per heavy atom. The van der Waals surface area contributed by atoms with Gasteiger partial charge in [-0.1, -0.05) is 48.8 Å². The normalized spacial score (nSPS) is 13.2. The molecule has 0 aliphatic carbocycles. The van der Waals surface area contributed by atoms with Gasteiger partial charge in [-0.15, -0.1) is 0 Å². The molecule has 1 N–H and O–H groups in total. The Hall–Kier alpha value is -0.340. The van der Waals surface area contributed by atoms with Gasteiger partial charge in [-0.3, -0.25) is 0 Å². The van der Waals surface area contributed by atoms with Gasteiger partial charge >= 0.3 is 0 Å². The first-order valence-electron chi connectivity index (χ1n) is 5.14. The second-order valence-electron chi connectivity index (χ2n) is 3.83. The van der Waals surface area contributed by atoms with Crippen LogP contribution in [-0.4, -0.2) is 6.54 Å². The fourth-order valence-electron chi connectivity index (χ4n) is 1.63. The van der Waals surface area contributed by atoms with Crippen LogP contribution in [-0.2, 0) is 0 Å². The predicted molar refractivity (Wildman–Crippen MR) is 65.4 cm³/mol. The molecule has 14 heavy (non-hydrogen) atoms. The molecule has 0 saturated carbocycles. The molecule has 0 aliphatic heterocycles. The van der Waals surface area contributed by atoms with Crippen LogP contribution in [0.4, 0.5) is 0 Å². The molecule has 1 unspecified atom stereocenters. The molecule has 0 bridgehead atoms. The number of hydrogen-bond acceptors (Lipinski definition) is 1. The van der Waals surface area contributed by atoms with E-state index < -0.39 is 0 Å². The first kappa shape index (κ1) is 11.7. The molecule has 0 aliphatic rings. The van der Waals surface area contributed by atoms with Gasteiger partial charge in [-0.05, 0) is 30.2 Å². The van der Waals surface area contributed by atoms with E-state index in [4.69, 9.17) is 0 Å². The molecule has 1 rings (SSSR count). The van der Waals surface area contributed by atoms with E-state index >= 15 is 0 Å². The quantitative estimate of drug-likeness (QED) is 0.864. The molecule has 0 fully saturated rings. The SMILES string of the molecule is CCNC(c1ccc(Br)cc1)C(C)C. The number of halogens is 1. The summed E-state index contributed by atoms with van der Waals surface area (Å²) in [5.74, 6) is 0.621. The van der Waals surface area contributed by atoms with Gasteiger partial charge in [0.2, 0.25) is 0 Å². The Balaban J connectivity index is 2.82. The van der Waals surface area contributed by atoms with Crippen molar-refractivity contribution in [2.45, 2.75) is 26.8 Å². The Labute approximate surface area is 95.0 Å². The van der Waals surface area contributed by atoms with Gasteiger partial charge < -0.3 is 5.32 Å². The molecule has 0 radical (unpaired) electrons. The zero-order chi connectivity index (χ0) is 10.6. The Bertz CT molecular complexity index is 266. The fraction of sp³-hybridized carbons (Fsp3) is 0.500. The summed E-state index contributed by atoms with van der Waals surface area (Å²) in [7, 11) is 0. The maximum absolute atomic E-state index is 3.50. The van der Waals surface area contributed by atoms with Crippen molar-refractivity contribution in [1.29, 1.82) is 0 Å². The topological polar surface area (TPSA) is 12.0 Å². The number of benzene rings is 1. The van der Waals surface area contributed by atoms with Crippen LogP contribution in [0.2, 0.25) is 0 Å². The first-order valence-corrected chi connectivity index (χ1v) is 5.93. The Morgan fingerprint density at radius 1 is 1.21 bits per heavy atom. The highest BCUT2D eigenvalue weighted by atomic mass is 79.9. The fourth-order valence-corrected chi connectivity index (χ4v) is 1.89. The highest BCUT2D eigenvalue weighted by Gasteiger charge is 2.13. The Morgan fingerprint density at radius 3 is 2.21 bits per heavy atom. The van der Waals surface area contributed by atoms with Crippen molar-refractivity contribution in [2.75, 3.05) is 6.54 Å². The standard InChI is InChI=1S/C12H18BrN/c1-4-14-12(9(2)3)10-5-7-11(13)8-6-10/h5-9,12,14H,4H2,1-3H3. The van der Waals surface area contributed by atoms with E-state index in [1.165, 1.54) is 5.56 Å². The molecule has 0 heterocycles. The van der Waals surface area contributed by atoms with Crippen LogP contribution >= 0.6 is 15.9 Å². The molecule has 1 atom stereocenters. The lowest BCUT2D eigenvalue weighted by molar-refractivity contribution is 0.422. The van der Waals surface area contributed by atoms with Crippen LogP contribution in [0.25, 0.3) is 0 Å². The van der Waals surface area contributed by atoms with Crippen molar-refractivity contribution in [3.05, 3.63) is 34.3 Å². The second-order valence-corrected chi connectivity index (χ2v) is 4.75. The summed E-state index contributed by atoms with van der Waals surface area (Å²) in [6.07, 6.45) is 0. The molecule has 0 saturated heterocycles. The van der Waals surface area contributed by atoms with Crippen LogP contribution < -0.4 is 5.32 Å². The van der Waals surface area contributed by atoms with Crippen molar-refractivity contribution >= 4 is 15.9 Å². The van der Waals surface area contributed by atoms with Crippen molar-refractivity contribution in [2.24, 2.45) is 5.92 Å². The maximum Gasteiger partial charge on any atom is 0.0343 e. The molecule has 78 valence electrons. The van der Waals surface area contributed by atoms with E-state index in [0.29, 0.717) is 12.0 Å². The van der Waals surface area contributed by atoms with Crippen LogP contribution in [0.3, 0.4) is 0 Å². The maximum atomic E-state index is 3.50. The molecule has 2 heteroatoms. The predicted octanol–water partition coefficient (Wildman–Crippen LogP) is 3.76. The average Bonchev–Trinajstić information content (AvgIpc) is 2.15. The van der Waals surface area contributed by atoms with E-state index in [9.17, 15) is 0 Å². The summed E-state index contributed by atoms with van der Waals surface area (Å²) in [6, 6.07) is 9.02. The van der Waals surface area contributed by atoms with Crippen molar-refractivity contribution in [3.8, 4) is 0 Å². The van der Waals surface area contributed by atoms with Gasteiger partial charge in [0.05, 0.1) is 0 Å². The Kier molecular flexibility index (Phi) is 4.63. The minimum absolute atomic E-state index is 0.466. The molecular formula is C12H18BrN. The molecule has 0 aromatic heterocycles. The third-order valence-corrected chi connectivity index (χ3v) is 2.85. The minimum Gasteiger partial charge on any atom is -0.310 e. The van der Waals surface area contributed by atoms with E-state index in [0.717, 1.165) is 11.0 Å². The van der Waals surface area contributed by atoms with Gasteiger partial charge in [0.25, 0.3) is 0 Å². The highest BCUT2D eigenvalue weighted by molar-refractivity contribution is 9.10. The summed E-state index contributed by atoms with van der Waals surface area (Å²) < 4.78 is 1.14. The van der Waals surface area contributed by atoms with Gasteiger partial charge in [0.15, 0.2) is 0 Å². The van der Waals surface area contributed by atoms with Crippen LogP contribution in [0.15, 0.2) is 28.7 Å². The molecule has 0 spiro atoms. The van der Waals surface area contributed by atoms with Gasteiger partial charge in [-0.2, -0.15) is 0 Å². The van der Waals surface area contributed by atoms with Crippen LogP contribution in [0.1, 0.15) is 32.4 Å². The molecule has 1 nitrogen and oxygen atoms in total. The average molecular weight is 256 g/mol. The number of nitrogens with one attached hydrogen (secondary N) is 1. The molecule has 0 amide bonds. The van der Waals surface area contributed by atoms with E-state index in [2.05, 4.69) is 66.3 Å². The zero-order valence-electron chi connectivity index (χ0n) is 9.05. The summed E-state index contributed by atoms with van der Waals surface area (Å²) in [4.78, 5) is 0. The molecular weight excluding hydrogens is 238 g/mol.